The van der Waals surface area contributed by atoms with Crippen LogP contribution in [0.5, 0.6) is 5.88 Å². The van der Waals surface area contributed by atoms with Crippen molar-refractivity contribution in [3.63, 3.8) is 0 Å². The van der Waals surface area contributed by atoms with E-state index in [9.17, 15) is 4.79 Å². The summed E-state index contributed by atoms with van der Waals surface area (Å²) in [7, 11) is 1.36. The summed E-state index contributed by atoms with van der Waals surface area (Å²) < 4.78 is 4.79. The van der Waals surface area contributed by atoms with Gasteiger partial charge in [0.1, 0.15) is 5.56 Å². The van der Waals surface area contributed by atoms with Gasteiger partial charge in [-0.25, -0.2) is 9.78 Å². The van der Waals surface area contributed by atoms with Crippen molar-refractivity contribution in [3.05, 3.63) is 22.3 Å². The minimum atomic E-state index is -1.09. The predicted molar refractivity (Wildman–Crippen MR) is 47.5 cm³/mol. The molecule has 70 valence electrons. The molecule has 4 nitrogen and oxygen atoms in total. The van der Waals surface area contributed by atoms with Gasteiger partial charge in [-0.3, -0.25) is 0 Å². The zero-order valence-corrected chi connectivity index (χ0v) is 7.92. The van der Waals surface area contributed by atoms with Gasteiger partial charge in [-0.15, -0.1) is 0 Å². The van der Waals surface area contributed by atoms with E-state index in [1.807, 2.05) is 0 Å². The number of hydrogen-bond acceptors (Lipinski definition) is 3. The number of pyridine rings is 1. The van der Waals surface area contributed by atoms with Crippen LogP contribution in [0.15, 0.2) is 6.20 Å². The van der Waals surface area contributed by atoms with Crippen LogP contribution in [-0.4, -0.2) is 23.2 Å². The van der Waals surface area contributed by atoms with Gasteiger partial charge in [0.05, 0.1) is 12.1 Å². The van der Waals surface area contributed by atoms with Crippen molar-refractivity contribution in [1.29, 1.82) is 0 Å². The van der Waals surface area contributed by atoms with Crippen molar-refractivity contribution in [2.45, 2.75) is 6.92 Å². The average molecular weight is 202 g/mol. The van der Waals surface area contributed by atoms with Crippen molar-refractivity contribution >= 4 is 17.6 Å². The summed E-state index contributed by atoms with van der Waals surface area (Å²) in [6.45, 7) is 1.61. The highest BCUT2D eigenvalue weighted by Gasteiger charge is 2.17. The van der Waals surface area contributed by atoms with Crippen LogP contribution in [0.4, 0.5) is 0 Å². The highest BCUT2D eigenvalue weighted by Crippen LogP contribution is 2.24. The van der Waals surface area contributed by atoms with Crippen molar-refractivity contribution in [3.8, 4) is 5.88 Å². The van der Waals surface area contributed by atoms with E-state index >= 15 is 0 Å². The molecule has 0 aliphatic rings. The first kappa shape index (κ1) is 9.80. The van der Waals surface area contributed by atoms with E-state index in [0.717, 1.165) is 0 Å². The standard InChI is InChI=1S/C8H8ClNO3/c1-4-5(9)3-10-7(13-2)6(4)8(11)12/h3H,1-2H3,(H,11,12). The number of carbonyl (C=O) groups is 1. The fourth-order valence-corrected chi connectivity index (χ4v) is 1.11. The summed E-state index contributed by atoms with van der Waals surface area (Å²) in [4.78, 5) is 14.5. The lowest BCUT2D eigenvalue weighted by atomic mass is 10.1. The lowest BCUT2D eigenvalue weighted by Gasteiger charge is -2.06. The molecular formula is C8H8ClNO3. The second-order valence-electron chi connectivity index (χ2n) is 2.42. The van der Waals surface area contributed by atoms with Gasteiger partial charge in [-0.05, 0) is 12.5 Å². The first-order valence-corrected chi connectivity index (χ1v) is 3.88. The lowest BCUT2D eigenvalue weighted by Crippen LogP contribution is -2.05. The molecule has 1 heterocycles. The monoisotopic (exact) mass is 201 g/mol. The first-order valence-electron chi connectivity index (χ1n) is 3.50. The van der Waals surface area contributed by atoms with Crippen LogP contribution in [0.1, 0.15) is 15.9 Å². The molecule has 0 aliphatic carbocycles. The van der Waals surface area contributed by atoms with E-state index in [0.29, 0.717) is 10.6 Å². The van der Waals surface area contributed by atoms with Gasteiger partial charge < -0.3 is 9.84 Å². The van der Waals surface area contributed by atoms with E-state index in [2.05, 4.69) is 4.98 Å². The van der Waals surface area contributed by atoms with Crippen LogP contribution in [0.3, 0.4) is 0 Å². The van der Waals surface area contributed by atoms with Gasteiger partial charge in [0, 0.05) is 6.20 Å². The number of aromatic nitrogens is 1. The number of methoxy groups -OCH3 is 1. The van der Waals surface area contributed by atoms with Gasteiger partial charge in [0.25, 0.3) is 0 Å². The molecule has 0 radical (unpaired) electrons. The second kappa shape index (κ2) is 3.62. The third-order valence-corrected chi connectivity index (χ3v) is 2.03. The second-order valence-corrected chi connectivity index (χ2v) is 2.83. The number of carboxylic acids is 1. The number of rotatable bonds is 2. The summed E-state index contributed by atoms with van der Waals surface area (Å²) in [5, 5.41) is 9.14. The molecule has 0 spiro atoms. The molecule has 0 saturated heterocycles. The zero-order chi connectivity index (χ0) is 10.0. The Bertz CT molecular complexity index is 351. The van der Waals surface area contributed by atoms with E-state index in [4.69, 9.17) is 21.4 Å². The summed E-state index contributed by atoms with van der Waals surface area (Å²) >= 11 is 5.71. The highest BCUT2D eigenvalue weighted by molar-refractivity contribution is 6.31. The van der Waals surface area contributed by atoms with Crippen LogP contribution < -0.4 is 4.74 Å². The van der Waals surface area contributed by atoms with Gasteiger partial charge in [0.2, 0.25) is 5.88 Å². The fraction of sp³-hybridized carbons (Fsp3) is 0.250. The Balaban J connectivity index is 3.41. The largest absolute Gasteiger partial charge is 0.480 e. The van der Waals surface area contributed by atoms with Crippen molar-refractivity contribution in [1.82, 2.24) is 4.98 Å². The molecular weight excluding hydrogens is 194 g/mol. The van der Waals surface area contributed by atoms with E-state index < -0.39 is 5.97 Å². The number of ether oxygens (including phenoxy) is 1. The summed E-state index contributed by atoms with van der Waals surface area (Å²) in [6.07, 6.45) is 1.36. The lowest BCUT2D eigenvalue weighted by molar-refractivity contribution is 0.0691. The number of halogens is 1. The zero-order valence-electron chi connectivity index (χ0n) is 7.17. The van der Waals surface area contributed by atoms with E-state index in [-0.39, 0.29) is 11.4 Å². The number of carboxylic acid groups (broad SMARTS) is 1. The van der Waals surface area contributed by atoms with Crippen LogP contribution in [0.25, 0.3) is 0 Å². The molecule has 1 rings (SSSR count). The molecule has 0 atom stereocenters. The summed E-state index contributed by atoms with van der Waals surface area (Å²) in [6, 6.07) is 0. The predicted octanol–water partition coefficient (Wildman–Crippen LogP) is 1.75. The van der Waals surface area contributed by atoms with Crippen molar-refractivity contribution in [2.24, 2.45) is 0 Å². The smallest absolute Gasteiger partial charge is 0.341 e. The Kier molecular flexibility index (Phi) is 2.72. The Morgan fingerprint density at radius 3 is 2.77 bits per heavy atom. The number of hydrogen-bond donors (Lipinski definition) is 1. The van der Waals surface area contributed by atoms with Crippen LogP contribution >= 0.6 is 11.6 Å². The number of nitrogens with zero attached hydrogens (tertiary/aromatic N) is 1. The Morgan fingerprint density at radius 2 is 2.31 bits per heavy atom. The molecule has 1 aromatic heterocycles. The third-order valence-electron chi connectivity index (χ3n) is 1.65. The normalized spacial score (nSPS) is 9.77. The Hall–Kier alpha value is -1.29. The minimum absolute atomic E-state index is 0.00926. The van der Waals surface area contributed by atoms with Crippen LogP contribution in [0, 0.1) is 6.92 Å². The first-order chi connectivity index (χ1) is 6.07. The molecule has 0 fully saturated rings. The van der Waals surface area contributed by atoms with Gasteiger partial charge >= 0.3 is 5.97 Å². The SMILES string of the molecule is COc1ncc(Cl)c(C)c1C(=O)O. The molecule has 0 bridgehead atoms. The van der Waals surface area contributed by atoms with E-state index in [1.54, 1.807) is 6.92 Å². The maximum absolute atomic E-state index is 10.8. The topological polar surface area (TPSA) is 59.4 Å². The van der Waals surface area contributed by atoms with Crippen molar-refractivity contribution < 1.29 is 14.6 Å². The molecule has 5 heteroatoms. The quantitative estimate of drug-likeness (QED) is 0.792. The Labute approximate surface area is 80.1 Å². The fourth-order valence-electron chi connectivity index (χ4n) is 0.963. The molecule has 1 aromatic rings. The van der Waals surface area contributed by atoms with Gasteiger partial charge in [-0.1, -0.05) is 11.6 Å². The van der Waals surface area contributed by atoms with Crippen LogP contribution in [0.2, 0.25) is 5.02 Å². The van der Waals surface area contributed by atoms with Crippen LogP contribution in [-0.2, 0) is 0 Å². The van der Waals surface area contributed by atoms with Gasteiger partial charge in [0.15, 0.2) is 0 Å². The van der Waals surface area contributed by atoms with Crippen molar-refractivity contribution in [2.75, 3.05) is 7.11 Å². The Morgan fingerprint density at radius 1 is 1.69 bits per heavy atom. The maximum Gasteiger partial charge on any atom is 0.341 e. The third kappa shape index (κ3) is 1.72. The van der Waals surface area contributed by atoms with Gasteiger partial charge in [-0.2, -0.15) is 0 Å². The summed E-state index contributed by atoms with van der Waals surface area (Å²) in [5.74, 6) is -1.02. The molecule has 0 unspecified atom stereocenters. The highest BCUT2D eigenvalue weighted by atomic mass is 35.5. The van der Waals surface area contributed by atoms with E-state index in [1.165, 1.54) is 13.3 Å². The molecule has 0 amide bonds. The molecule has 0 saturated carbocycles. The average Bonchev–Trinajstić information content (AvgIpc) is 2.08. The molecule has 0 aromatic carbocycles. The maximum atomic E-state index is 10.8. The molecule has 13 heavy (non-hydrogen) atoms. The molecule has 1 N–H and O–H groups in total. The molecule has 0 aliphatic heterocycles. The number of aromatic carboxylic acids is 1. The summed E-state index contributed by atoms with van der Waals surface area (Å²) in [5.41, 5.74) is 0.469. The minimum Gasteiger partial charge on any atom is -0.480 e.